The predicted octanol–water partition coefficient (Wildman–Crippen LogP) is 1.49. The monoisotopic (exact) mass is 159 g/mol. The Balaban J connectivity index is 3.74. The minimum atomic E-state index is -0.0562. The van der Waals surface area contributed by atoms with E-state index in [4.69, 9.17) is 0 Å². The third-order valence-electron chi connectivity index (χ3n) is 1.81. The lowest BCUT2D eigenvalue weighted by Crippen LogP contribution is -2.27. The maximum Gasteiger partial charge on any atom is 0.244 e. The molecule has 3 heteroatoms. The van der Waals surface area contributed by atoms with Gasteiger partial charge in [-0.2, -0.15) is 0 Å². The maximum atomic E-state index is 11.0. The van der Waals surface area contributed by atoms with Crippen molar-refractivity contribution in [2.75, 3.05) is 7.11 Å². The Morgan fingerprint density at radius 2 is 2.09 bits per heavy atom. The molecule has 0 rings (SSSR count). The van der Waals surface area contributed by atoms with Gasteiger partial charge in [0.2, 0.25) is 5.91 Å². The molecule has 3 nitrogen and oxygen atoms in total. The zero-order valence-electron chi connectivity index (χ0n) is 7.73. The summed E-state index contributed by atoms with van der Waals surface area (Å²) in [6.07, 6.45) is 1.50. The van der Waals surface area contributed by atoms with Crippen LogP contribution in [0.3, 0.4) is 0 Å². The first kappa shape index (κ1) is 10.4. The number of hydroxylamine groups is 1. The molecule has 0 aromatic carbocycles. The summed E-state index contributed by atoms with van der Waals surface area (Å²) >= 11 is 0. The quantitative estimate of drug-likeness (QED) is 0.631. The Morgan fingerprint density at radius 3 is 2.45 bits per heavy atom. The van der Waals surface area contributed by atoms with E-state index < -0.39 is 0 Å². The summed E-state index contributed by atoms with van der Waals surface area (Å²) in [6.45, 7) is 6.19. The Morgan fingerprint density at radius 1 is 1.55 bits per heavy atom. The first-order valence-corrected chi connectivity index (χ1v) is 3.83. The fourth-order valence-electron chi connectivity index (χ4n) is 0.710. The van der Waals surface area contributed by atoms with Crippen LogP contribution in [0.15, 0.2) is 0 Å². The summed E-state index contributed by atoms with van der Waals surface area (Å²) in [4.78, 5) is 15.5. The molecule has 0 saturated carbocycles. The van der Waals surface area contributed by atoms with Gasteiger partial charge in [0.1, 0.15) is 0 Å². The summed E-state index contributed by atoms with van der Waals surface area (Å²) in [7, 11) is 1.44. The Hall–Kier alpha value is -0.570. The topological polar surface area (TPSA) is 38.3 Å². The van der Waals surface area contributed by atoms with E-state index in [1.165, 1.54) is 7.11 Å². The van der Waals surface area contributed by atoms with E-state index in [2.05, 4.69) is 31.1 Å². The Kier molecular flexibility index (Phi) is 4.11. The highest BCUT2D eigenvalue weighted by Gasteiger charge is 2.19. The molecule has 1 N–H and O–H groups in total. The van der Waals surface area contributed by atoms with Gasteiger partial charge in [0.05, 0.1) is 7.11 Å². The summed E-state index contributed by atoms with van der Waals surface area (Å²) in [5.41, 5.74) is 2.37. The lowest BCUT2D eigenvalue weighted by atomic mass is 9.86. The normalized spacial score (nSPS) is 11.3. The molecule has 0 spiro atoms. The van der Waals surface area contributed by atoms with Crippen molar-refractivity contribution in [1.29, 1.82) is 0 Å². The first-order valence-electron chi connectivity index (χ1n) is 3.83. The standard InChI is InChI=1S/C8H17NO2/c1-5-8(2,3)6-7(10)9-11-4/h5-6H2,1-4H3,(H,9,10). The Bertz CT molecular complexity index is 132. The molecule has 0 aliphatic carbocycles. The number of nitrogens with one attached hydrogen (secondary N) is 1. The SMILES string of the molecule is CCC(C)(C)CC(=O)NOC. The zero-order valence-corrected chi connectivity index (χ0v) is 7.73. The van der Waals surface area contributed by atoms with Crippen molar-refractivity contribution in [2.24, 2.45) is 5.41 Å². The maximum absolute atomic E-state index is 11.0. The number of hydrogen-bond donors (Lipinski definition) is 1. The van der Waals surface area contributed by atoms with Crippen LogP contribution in [0.4, 0.5) is 0 Å². The van der Waals surface area contributed by atoms with E-state index in [-0.39, 0.29) is 11.3 Å². The van der Waals surface area contributed by atoms with Crippen LogP contribution in [-0.2, 0) is 9.63 Å². The minimum absolute atomic E-state index is 0.0562. The van der Waals surface area contributed by atoms with Crippen LogP contribution in [0.2, 0.25) is 0 Å². The largest absolute Gasteiger partial charge is 0.277 e. The van der Waals surface area contributed by atoms with Crippen molar-refractivity contribution in [3.8, 4) is 0 Å². The Labute approximate surface area is 68.1 Å². The molecule has 0 aliphatic rings. The van der Waals surface area contributed by atoms with Gasteiger partial charge in [-0.3, -0.25) is 9.63 Å². The van der Waals surface area contributed by atoms with Crippen LogP contribution in [0.1, 0.15) is 33.6 Å². The van der Waals surface area contributed by atoms with Crippen molar-refractivity contribution in [3.05, 3.63) is 0 Å². The van der Waals surface area contributed by atoms with E-state index in [0.717, 1.165) is 6.42 Å². The molecular formula is C8H17NO2. The highest BCUT2D eigenvalue weighted by atomic mass is 16.6. The molecule has 0 unspecified atom stereocenters. The summed E-state index contributed by atoms with van der Waals surface area (Å²) in [5.74, 6) is -0.0562. The minimum Gasteiger partial charge on any atom is -0.277 e. The summed E-state index contributed by atoms with van der Waals surface area (Å²) < 4.78 is 0. The molecule has 0 aromatic rings. The predicted molar refractivity (Wildman–Crippen MR) is 43.8 cm³/mol. The molecule has 66 valence electrons. The number of rotatable bonds is 4. The molecule has 0 aliphatic heterocycles. The highest BCUT2D eigenvalue weighted by Crippen LogP contribution is 2.23. The van der Waals surface area contributed by atoms with Gasteiger partial charge in [0.15, 0.2) is 0 Å². The van der Waals surface area contributed by atoms with Crippen molar-refractivity contribution in [1.82, 2.24) is 5.48 Å². The van der Waals surface area contributed by atoms with Crippen molar-refractivity contribution in [2.45, 2.75) is 33.6 Å². The van der Waals surface area contributed by atoms with Crippen LogP contribution in [0, 0.1) is 5.41 Å². The average molecular weight is 159 g/mol. The van der Waals surface area contributed by atoms with Crippen molar-refractivity contribution in [3.63, 3.8) is 0 Å². The molecule has 1 amide bonds. The van der Waals surface area contributed by atoms with Gasteiger partial charge < -0.3 is 0 Å². The lowest BCUT2D eigenvalue weighted by molar-refractivity contribution is -0.133. The van der Waals surface area contributed by atoms with Crippen molar-refractivity contribution >= 4 is 5.91 Å². The highest BCUT2D eigenvalue weighted by molar-refractivity contribution is 5.75. The van der Waals surface area contributed by atoms with E-state index in [0.29, 0.717) is 6.42 Å². The van der Waals surface area contributed by atoms with E-state index >= 15 is 0 Å². The second-order valence-corrected chi connectivity index (χ2v) is 3.42. The van der Waals surface area contributed by atoms with Crippen LogP contribution in [0.25, 0.3) is 0 Å². The summed E-state index contributed by atoms with van der Waals surface area (Å²) in [6, 6.07) is 0. The molecule has 0 saturated heterocycles. The van der Waals surface area contributed by atoms with E-state index in [1.807, 2.05) is 0 Å². The van der Waals surface area contributed by atoms with Crippen LogP contribution >= 0.6 is 0 Å². The fraction of sp³-hybridized carbons (Fsp3) is 0.875. The molecule has 0 heterocycles. The molecule has 0 radical (unpaired) electrons. The van der Waals surface area contributed by atoms with Crippen molar-refractivity contribution < 1.29 is 9.63 Å². The van der Waals surface area contributed by atoms with E-state index in [9.17, 15) is 4.79 Å². The van der Waals surface area contributed by atoms with Crippen LogP contribution < -0.4 is 5.48 Å². The van der Waals surface area contributed by atoms with Gasteiger partial charge in [-0.25, -0.2) is 5.48 Å². The number of carbonyl (C=O) groups excluding carboxylic acids is 1. The van der Waals surface area contributed by atoms with Gasteiger partial charge in [-0.1, -0.05) is 27.2 Å². The van der Waals surface area contributed by atoms with Gasteiger partial charge in [-0.05, 0) is 5.41 Å². The van der Waals surface area contributed by atoms with Crippen LogP contribution in [0.5, 0.6) is 0 Å². The average Bonchev–Trinajstić information content (AvgIpc) is 1.87. The fourth-order valence-corrected chi connectivity index (χ4v) is 0.710. The zero-order chi connectivity index (χ0) is 8.91. The number of amides is 1. The van der Waals surface area contributed by atoms with Crippen LogP contribution in [-0.4, -0.2) is 13.0 Å². The third-order valence-corrected chi connectivity index (χ3v) is 1.81. The third kappa shape index (κ3) is 4.79. The molecule has 0 bridgehead atoms. The lowest BCUT2D eigenvalue weighted by Gasteiger charge is -2.20. The van der Waals surface area contributed by atoms with Gasteiger partial charge in [-0.15, -0.1) is 0 Å². The first-order chi connectivity index (χ1) is 5.02. The smallest absolute Gasteiger partial charge is 0.244 e. The van der Waals surface area contributed by atoms with E-state index in [1.54, 1.807) is 0 Å². The van der Waals surface area contributed by atoms with Gasteiger partial charge >= 0.3 is 0 Å². The second kappa shape index (κ2) is 4.34. The molecule has 0 fully saturated rings. The number of hydrogen-bond acceptors (Lipinski definition) is 2. The van der Waals surface area contributed by atoms with Gasteiger partial charge in [0.25, 0.3) is 0 Å². The number of carbonyl (C=O) groups is 1. The van der Waals surface area contributed by atoms with Gasteiger partial charge in [0, 0.05) is 6.42 Å². The molecule has 0 atom stereocenters. The molecular weight excluding hydrogens is 142 g/mol. The molecule has 0 aromatic heterocycles. The summed E-state index contributed by atoms with van der Waals surface area (Å²) in [5, 5.41) is 0. The molecule has 11 heavy (non-hydrogen) atoms. The second-order valence-electron chi connectivity index (χ2n) is 3.42.